The molecule has 2 aromatic rings. The first-order chi connectivity index (χ1) is 14.6. The molecule has 2 aromatic carbocycles. The Balaban J connectivity index is 0.00000218. The fourth-order valence-electron chi connectivity index (χ4n) is 2.70. The van der Waals surface area contributed by atoms with Gasteiger partial charge in [-0.15, -0.1) is 0 Å². The molecule has 2 atom stereocenters. The topological polar surface area (TPSA) is 111 Å². The third-order valence-corrected chi connectivity index (χ3v) is 4.39. The van der Waals surface area contributed by atoms with Gasteiger partial charge < -0.3 is 25.6 Å². The van der Waals surface area contributed by atoms with Crippen molar-refractivity contribution in [2.24, 2.45) is 5.73 Å². The second kappa shape index (κ2) is 15.1. The molecule has 0 spiro atoms. The van der Waals surface area contributed by atoms with E-state index < -0.39 is 18.1 Å². The van der Waals surface area contributed by atoms with Crippen LogP contribution in [-0.4, -0.2) is 43.3 Å². The molecule has 0 aliphatic carbocycles. The summed E-state index contributed by atoms with van der Waals surface area (Å²) in [7, 11) is 2.71. The summed E-state index contributed by atoms with van der Waals surface area (Å²) >= 11 is 0. The number of likely N-dealkylation sites (N-methyl/N-ethyl adjacent to an activating group) is 1. The fraction of sp³-hybridized carbons (Fsp3) is 0.391. The number of nitrogens with two attached hydrogens (primary N) is 1. The van der Waals surface area contributed by atoms with Gasteiger partial charge in [-0.05, 0) is 37.4 Å². The Morgan fingerprint density at radius 2 is 1.33 bits per heavy atom. The lowest BCUT2D eigenvalue weighted by Crippen LogP contribution is -2.37. The minimum Gasteiger partial charge on any atom is -0.460 e. The molecule has 0 aliphatic rings. The molecule has 0 aromatic heterocycles. The van der Waals surface area contributed by atoms with E-state index >= 15 is 0 Å². The molecule has 0 saturated carbocycles. The van der Waals surface area contributed by atoms with Crippen LogP contribution in [0.25, 0.3) is 0 Å². The molecule has 2 rings (SSSR count). The number of esters is 2. The second-order valence-corrected chi connectivity index (χ2v) is 6.57. The van der Waals surface area contributed by atoms with E-state index in [9.17, 15) is 9.59 Å². The third-order valence-electron chi connectivity index (χ3n) is 4.39. The average molecular weight is 417 g/mol. The van der Waals surface area contributed by atoms with E-state index in [2.05, 4.69) is 5.32 Å². The third kappa shape index (κ3) is 9.65. The Hall–Kier alpha value is -2.74. The van der Waals surface area contributed by atoms with Crippen LogP contribution in [0.15, 0.2) is 60.7 Å². The molecule has 0 saturated heterocycles. The van der Waals surface area contributed by atoms with Gasteiger partial charge in [0, 0.05) is 7.11 Å². The quantitative estimate of drug-likeness (QED) is 0.481. The van der Waals surface area contributed by atoms with Crippen LogP contribution in [0, 0.1) is 0 Å². The van der Waals surface area contributed by atoms with Crippen LogP contribution in [-0.2, 0) is 32.3 Å². The maximum absolute atomic E-state index is 12.2. The fourth-order valence-corrected chi connectivity index (χ4v) is 2.70. The van der Waals surface area contributed by atoms with Gasteiger partial charge in [0.05, 0.1) is 0 Å². The Morgan fingerprint density at radius 1 is 0.867 bits per heavy atom. The van der Waals surface area contributed by atoms with E-state index in [0.717, 1.165) is 18.2 Å². The summed E-state index contributed by atoms with van der Waals surface area (Å²) in [6, 6.07) is 17.8. The van der Waals surface area contributed by atoms with Crippen molar-refractivity contribution >= 4 is 11.9 Å². The minimum absolute atomic E-state index is 0.207. The van der Waals surface area contributed by atoms with Gasteiger partial charge >= 0.3 is 11.9 Å². The number of ether oxygens (including phenoxy) is 2. The first-order valence-electron chi connectivity index (χ1n) is 9.89. The van der Waals surface area contributed by atoms with Gasteiger partial charge in [-0.2, -0.15) is 0 Å². The minimum atomic E-state index is -0.707. The smallest absolute Gasteiger partial charge is 0.323 e. The Morgan fingerprint density at radius 3 is 1.80 bits per heavy atom. The maximum Gasteiger partial charge on any atom is 0.323 e. The Bertz CT molecular complexity index is 725. The predicted molar refractivity (Wildman–Crippen MR) is 115 cm³/mol. The highest BCUT2D eigenvalue weighted by Crippen LogP contribution is 2.09. The number of aliphatic hydroxyl groups excluding tert-OH is 1. The highest BCUT2D eigenvalue weighted by molar-refractivity contribution is 5.76. The zero-order chi connectivity index (χ0) is 22.2. The van der Waals surface area contributed by atoms with Crippen molar-refractivity contribution in [3.8, 4) is 0 Å². The predicted octanol–water partition coefficient (Wildman–Crippen LogP) is 2.17. The number of hydrogen-bond acceptors (Lipinski definition) is 7. The summed E-state index contributed by atoms with van der Waals surface area (Å²) in [6.07, 6.45) is 1.58. The Kier molecular flexibility index (Phi) is 12.8. The molecule has 164 valence electrons. The van der Waals surface area contributed by atoms with Crippen LogP contribution in [0.4, 0.5) is 0 Å². The van der Waals surface area contributed by atoms with Crippen molar-refractivity contribution in [3.05, 3.63) is 71.8 Å². The normalized spacial score (nSPS) is 12.1. The van der Waals surface area contributed by atoms with Gasteiger partial charge in [0.1, 0.15) is 25.3 Å². The zero-order valence-electron chi connectivity index (χ0n) is 17.6. The van der Waals surface area contributed by atoms with Crippen molar-refractivity contribution in [1.29, 1.82) is 0 Å². The number of aliphatic hydroxyl groups is 1. The van der Waals surface area contributed by atoms with E-state index in [0.29, 0.717) is 19.3 Å². The molecule has 0 fully saturated rings. The lowest BCUT2D eigenvalue weighted by atomic mass is 10.1. The molecule has 30 heavy (non-hydrogen) atoms. The van der Waals surface area contributed by atoms with E-state index in [1.54, 1.807) is 7.05 Å². The number of nitrogens with one attached hydrogen (secondary N) is 1. The summed E-state index contributed by atoms with van der Waals surface area (Å²) in [4.78, 5) is 24.2. The number of carbonyl (C=O) groups is 2. The first-order valence-corrected chi connectivity index (χ1v) is 9.89. The van der Waals surface area contributed by atoms with Gasteiger partial charge in [0.2, 0.25) is 0 Å². The zero-order valence-corrected chi connectivity index (χ0v) is 17.6. The molecule has 7 heteroatoms. The van der Waals surface area contributed by atoms with Gasteiger partial charge in [-0.1, -0.05) is 60.7 Å². The molecule has 0 radical (unpaired) electrons. The number of rotatable bonds is 11. The molecule has 0 aliphatic heterocycles. The van der Waals surface area contributed by atoms with Crippen LogP contribution in [0.2, 0.25) is 0 Å². The molecule has 0 amide bonds. The number of benzene rings is 2. The van der Waals surface area contributed by atoms with E-state index in [1.807, 2.05) is 60.7 Å². The summed E-state index contributed by atoms with van der Waals surface area (Å²) in [6.45, 7) is 0.446. The van der Waals surface area contributed by atoms with Crippen molar-refractivity contribution < 1.29 is 24.2 Å². The van der Waals surface area contributed by atoms with Crippen molar-refractivity contribution in [2.75, 3.05) is 14.2 Å². The van der Waals surface area contributed by atoms with Crippen LogP contribution in [0.1, 0.15) is 30.4 Å². The monoisotopic (exact) mass is 416 g/mol. The standard InChI is InChI=1S/C22H28N2O4.CH4O/c1-24-20(22(26)28-16-18-11-6-3-7-12-18)14-8-13-19(23)21(25)27-15-17-9-4-2-5-10-17;1-2/h2-7,9-12,19-20,24H,8,13-16,23H2,1H3;2H,1H3. The van der Waals surface area contributed by atoms with Gasteiger partial charge in [0.15, 0.2) is 0 Å². The lowest BCUT2D eigenvalue weighted by molar-refractivity contribution is -0.147. The van der Waals surface area contributed by atoms with Crippen molar-refractivity contribution in [3.63, 3.8) is 0 Å². The largest absolute Gasteiger partial charge is 0.460 e. The van der Waals surface area contributed by atoms with Crippen molar-refractivity contribution in [1.82, 2.24) is 5.32 Å². The van der Waals surface area contributed by atoms with E-state index in [4.69, 9.17) is 20.3 Å². The molecular weight excluding hydrogens is 384 g/mol. The first kappa shape index (κ1) is 25.3. The van der Waals surface area contributed by atoms with E-state index in [-0.39, 0.29) is 19.2 Å². The molecule has 0 bridgehead atoms. The average Bonchev–Trinajstić information content (AvgIpc) is 2.81. The highest BCUT2D eigenvalue weighted by Gasteiger charge is 2.20. The van der Waals surface area contributed by atoms with E-state index in [1.165, 1.54) is 0 Å². The highest BCUT2D eigenvalue weighted by atomic mass is 16.5. The number of carbonyl (C=O) groups excluding carboxylic acids is 2. The summed E-state index contributed by atoms with van der Waals surface area (Å²) in [5.41, 5.74) is 7.76. The molecule has 2 unspecified atom stereocenters. The molecular formula is C23H32N2O5. The summed E-state index contributed by atoms with van der Waals surface area (Å²) < 4.78 is 10.6. The van der Waals surface area contributed by atoms with Gasteiger partial charge in [0.25, 0.3) is 0 Å². The molecule has 0 heterocycles. The SMILES string of the molecule is CNC(CCCC(N)C(=O)OCc1ccccc1)C(=O)OCc1ccccc1.CO. The van der Waals surface area contributed by atoms with Crippen LogP contribution in [0.5, 0.6) is 0 Å². The van der Waals surface area contributed by atoms with Gasteiger partial charge in [-0.25, -0.2) is 0 Å². The summed E-state index contributed by atoms with van der Waals surface area (Å²) in [5, 5.41) is 9.96. The van der Waals surface area contributed by atoms with Gasteiger partial charge in [-0.3, -0.25) is 9.59 Å². The Labute approximate surface area is 178 Å². The molecule has 4 N–H and O–H groups in total. The van der Waals surface area contributed by atoms with Crippen LogP contribution >= 0.6 is 0 Å². The second-order valence-electron chi connectivity index (χ2n) is 6.57. The maximum atomic E-state index is 12.2. The lowest BCUT2D eigenvalue weighted by Gasteiger charge is -2.16. The number of hydrogen-bond donors (Lipinski definition) is 3. The van der Waals surface area contributed by atoms with Crippen LogP contribution in [0.3, 0.4) is 0 Å². The summed E-state index contributed by atoms with van der Waals surface area (Å²) in [5.74, 6) is -0.747. The molecule has 7 nitrogen and oxygen atoms in total. The van der Waals surface area contributed by atoms with Crippen LogP contribution < -0.4 is 11.1 Å². The van der Waals surface area contributed by atoms with Crippen molar-refractivity contribution in [2.45, 2.75) is 44.6 Å².